The van der Waals surface area contributed by atoms with E-state index in [-0.39, 0.29) is 0 Å². The van der Waals surface area contributed by atoms with E-state index in [9.17, 15) is 8.42 Å². The van der Waals surface area contributed by atoms with Gasteiger partial charge in [0.25, 0.3) is 0 Å². The molecule has 0 radical (unpaired) electrons. The van der Waals surface area contributed by atoms with E-state index < -0.39 is 10.0 Å². The summed E-state index contributed by atoms with van der Waals surface area (Å²) in [4.78, 5) is 3.33. The Balaban J connectivity index is 1.91. The Morgan fingerprint density at radius 3 is 2.65 bits per heavy atom. The van der Waals surface area contributed by atoms with E-state index in [1.54, 1.807) is 12.3 Å². The number of hydrogen-bond donors (Lipinski definition) is 3. The van der Waals surface area contributed by atoms with Crippen LogP contribution < -0.4 is 10.0 Å². The molecular weight excluding hydrogens is 274 g/mol. The molecule has 20 heavy (non-hydrogen) atoms. The third-order valence-electron chi connectivity index (χ3n) is 3.75. The van der Waals surface area contributed by atoms with Gasteiger partial charge in [-0.15, -0.1) is 0 Å². The summed E-state index contributed by atoms with van der Waals surface area (Å²) in [5.41, 5.74) is 0.884. The SMILES string of the molecule is CC(C)NCc1cc(S(=O)(=O)NCC(C)C2CC2)c[nH]1. The fourth-order valence-electron chi connectivity index (χ4n) is 2.15. The molecule has 1 unspecified atom stereocenters. The number of aromatic nitrogens is 1. The highest BCUT2D eigenvalue weighted by molar-refractivity contribution is 7.89. The first-order chi connectivity index (χ1) is 9.38. The van der Waals surface area contributed by atoms with Gasteiger partial charge in [0.1, 0.15) is 0 Å². The summed E-state index contributed by atoms with van der Waals surface area (Å²) in [5.74, 6) is 1.13. The van der Waals surface area contributed by atoms with Gasteiger partial charge in [0.2, 0.25) is 10.0 Å². The Bertz CT molecular complexity index is 532. The summed E-state index contributed by atoms with van der Waals surface area (Å²) < 4.78 is 27.1. The molecule has 1 fully saturated rings. The Morgan fingerprint density at radius 1 is 1.35 bits per heavy atom. The number of rotatable bonds is 8. The number of H-pyrrole nitrogens is 1. The van der Waals surface area contributed by atoms with Crippen LogP contribution in [0, 0.1) is 11.8 Å². The summed E-state index contributed by atoms with van der Waals surface area (Å²) >= 11 is 0. The Morgan fingerprint density at radius 2 is 2.05 bits per heavy atom. The van der Waals surface area contributed by atoms with Gasteiger partial charge < -0.3 is 10.3 Å². The largest absolute Gasteiger partial charge is 0.363 e. The van der Waals surface area contributed by atoms with Crippen molar-refractivity contribution >= 4 is 10.0 Å². The number of nitrogens with one attached hydrogen (secondary N) is 3. The van der Waals surface area contributed by atoms with Crippen molar-refractivity contribution in [3.63, 3.8) is 0 Å². The smallest absolute Gasteiger partial charge is 0.242 e. The van der Waals surface area contributed by atoms with Gasteiger partial charge in [-0.2, -0.15) is 0 Å². The van der Waals surface area contributed by atoms with Gasteiger partial charge in [0, 0.05) is 31.0 Å². The second-order valence-corrected chi connectivity index (χ2v) is 7.83. The molecule has 6 heteroatoms. The molecule has 114 valence electrons. The molecule has 0 saturated heterocycles. The van der Waals surface area contributed by atoms with Crippen LogP contribution in [0.4, 0.5) is 0 Å². The van der Waals surface area contributed by atoms with Gasteiger partial charge in [-0.05, 0) is 30.7 Å². The number of hydrogen-bond acceptors (Lipinski definition) is 3. The lowest BCUT2D eigenvalue weighted by molar-refractivity contribution is 0.492. The van der Waals surface area contributed by atoms with Gasteiger partial charge in [-0.25, -0.2) is 13.1 Å². The molecule has 1 aliphatic rings. The van der Waals surface area contributed by atoms with Crippen molar-refractivity contribution < 1.29 is 8.42 Å². The van der Waals surface area contributed by atoms with Gasteiger partial charge in [0.05, 0.1) is 4.90 Å². The topological polar surface area (TPSA) is 74.0 Å². The zero-order valence-electron chi connectivity index (χ0n) is 12.4. The molecule has 0 bridgehead atoms. The second kappa shape index (κ2) is 6.28. The summed E-state index contributed by atoms with van der Waals surface area (Å²) in [7, 11) is -3.39. The van der Waals surface area contributed by atoms with E-state index in [0.29, 0.717) is 35.9 Å². The molecule has 1 aromatic heterocycles. The van der Waals surface area contributed by atoms with E-state index in [4.69, 9.17) is 0 Å². The molecule has 0 amide bonds. The normalized spacial score (nSPS) is 17.6. The number of sulfonamides is 1. The first-order valence-electron chi connectivity index (χ1n) is 7.29. The van der Waals surface area contributed by atoms with Crippen molar-refractivity contribution in [3.05, 3.63) is 18.0 Å². The van der Waals surface area contributed by atoms with E-state index in [1.165, 1.54) is 12.8 Å². The maximum absolute atomic E-state index is 12.2. The molecule has 1 saturated carbocycles. The average molecular weight is 299 g/mol. The van der Waals surface area contributed by atoms with Crippen molar-refractivity contribution in [1.82, 2.24) is 15.0 Å². The lowest BCUT2D eigenvalue weighted by atomic mass is 10.1. The quantitative estimate of drug-likeness (QED) is 0.685. The minimum Gasteiger partial charge on any atom is -0.363 e. The van der Waals surface area contributed by atoms with Gasteiger partial charge >= 0.3 is 0 Å². The fourth-order valence-corrected chi connectivity index (χ4v) is 3.31. The van der Waals surface area contributed by atoms with E-state index in [0.717, 1.165) is 5.69 Å². The van der Waals surface area contributed by atoms with Gasteiger partial charge in [-0.3, -0.25) is 0 Å². The molecule has 0 aromatic carbocycles. The predicted octanol–water partition coefficient (Wildman–Crippen LogP) is 1.84. The highest BCUT2D eigenvalue weighted by Gasteiger charge is 2.29. The van der Waals surface area contributed by atoms with E-state index >= 15 is 0 Å². The molecule has 1 heterocycles. The van der Waals surface area contributed by atoms with Crippen LogP contribution in [0.15, 0.2) is 17.2 Å². The Labute approximate surface area is 121 Å². The van der Waals surface area contributed by atoms with Crippen LogP contribution >= 0.6 is 0 Å². The second-order valence-electron chi connectivity index (χ2n) is 6.06. The minimum atomic E-state index is -3.39. The van der Waals surface area contributed by atoms with Crippen molar-refractivity contribution in [2.24, 2.45) is 11.8 Å². The van der Waals surface area contributed by atoms with Crippen molar-refractivity contribution in [1.29, 1.82) is 0 Å². The maximum atomic E-state index is 12.2. The Kier molecular flexibility index (Phi) is 4.88. The van der Waals surface area contributed by atoms with Crippen molar-refractivity contribution in [2.45, 2.75) is 51.1 Å². The third-order valence-corrected chi connectivity index (χ3v) is 5.15. The molecule has 5 nitrogen and oxygen atoms in total. The first-order valence-corrected chi connectivity index (χ1v) is 8.77. The Hall–Kier alpha value is -0.850. The molecule has 1 aromatic rings. The van der Waals surface area contributed by atoms with E-state index in [2.05, 4.69) is 35.8 Å². The van der Waals surface area contributed by atoms with Crippen LogP contribution in [0.5, 0.6) is 0 Å². The molecular formula is C14H25N3O2S. The average Bonchev–Trinajstić information content (AvgIpc) is 3.11. The van der Waals surface area contributed by atoms with E-state index in [1.807, 2.05) is 0 Å². The van der Waals surface area contributed by atoms with Gasteiger partial charge in [-0.1, -0.05) is 20.8 Å². The lowest BCUT2D eigenvalue weighted by Crippen LogP contribution is -2.28. The van der Waals surface area contributed by atoms with Crippen LogP contribution in [0.3, 0.4) is 0 Å². The number of aromatic amines is 1. The molecule has 3 N–H and O–H groups in total. The van der Waals surface area contributed by atoms with Crippen LogP contribution in [-0.4, -0.2) is 26.0 Å². The minimum absolute atomic E-state index is 0.320. The molecule has 1 atom stereocenters. The first kappa shape index (κ1) is 15.5. The molecule has 0 spiro atoms. The summed E-state index contributed by atoms with van der Waals surface area (Å²) in [6.07, 6.45) is 4.03. The fraction of sp³-hybridized carbons (Fsp3) is 0.714. The summed E-state index contributed by atoms with van der Waals surface area (Å²) in [6, 6.07) is 2.07. The summed E-state index contributed by atoms with van der Waals surface area (Å²) in [6.45, 7) is 7.39. The monoisotopic (exact) mass is 299 g/mol. The predicted molar refractivity (Wildman–Crippen MR) is 79.8 cm³/mol. The van der Waals surface area contributed by atoms with Crippen molar-refractivity contribution in [2.75, 3.05) is 6.54 Å². The zero-order chi connectivity index (χ0) is 14.8. The highest BCUT2D eigenvalue weighted by atomic mass is 32.2. The molecule has 2 rings (SSSR count). The van der Waals surface area contributed by atoms with Crippen LogP contribution in [-0.2, 0) is 16.6 Å². The van der Waals surface area contributed by atoms with Crippen LogP contribution in [0.2, 0.25) is 0 Å². The summed E-state index contributed by atoms with van der Waals surface area (Å²) in [5, 5.41) is 3.25. The standard InChI is InChI=1S/C14H25N3O2S/c1-10(2)15-8-13-6-14(9-16-13)20(18,19)17-7-11(3)12-4-5-12/h6,9-12,15-17H,4-5,7-8H2,1-3H3. The highest BCUT2D eigenvalue weighted by Crippen LogP contribution is 2.36. The van der Waals surface area contributed by atoms with Gasteiger partial charge in [0.15, 0.2) is 0 Å². The lowest BCUT2D eigenvalue weighted by Gasteiger charge is -2.11. The third kappa shape index (κ3) is 4.33. The van der Waals surface area contributed by atoms with Crippen molar-refractivity contribution in [3.8, 4) is 0 Å². The van der Waals surface area contributed by atoms with Crippen LogP contribution in [0.25, 0.3) is 0 Å². The van der Waals surface area contributed by atoms with Crippen LogP contribution in [0.1, 0.15) is 39.3 Å². The zero-order valence-corrected chi connectivity index (χ0v) is 13.3. The molecule has 1 aliphatic carbocycles. The molecule has 0 aliphatic heterocycles. The maximum Gasteiger partial charge on any atom is 0.242 e.